The topological polar surface area (TPSA) is 21.3 Å². The first-order valence-electron chi connectivity index (χ1n) is 6.93. The molecule has 0 spiro atoms. The Balaban J connectivity index is 1.98. The minimum Gasteiger partial charge on any atom is -0.489 e. The van der Waals surface area contributed by atoms with Gasteiger partial charge in [-0.25, -0.2) is 8.78 Å². The number of ether oxygens (including phenoxy) is 1. The Hall–Kier alpha value is -1.94. The predicted octanol–water partition coefficient (Wildman–Crippen LogP) is 4.04. The molecular weight excluding hydrogens is 272 g/mol. The molecule has 0 saturated carbocycles. The van der Waals surface area contributed by atoms with Gasteiger partial charge in [0, 0.05) is 18.7 Å². The molecule has 0 atom stereocenters. The summed E-state index contributed by atoms with van der Waals surface area (Å²) in [6.07, 6.45) is 0. The van der Waals surface area contributed by atoms with Crippen molar-refractivity contribution in [1.82, 2.24) is 5.32 Å². The molecule has 1 N–H and O–H groups in total. The molecule has 0 aliphatic carbocycles. The van der Waals surface area contributed by atoms with Crippen LogP contribution >= 0.6 is 0 Å². The fourth-order valence-electron chi connectivity index (χ4n) is 1.93. The molecule has 0 aromatic heterocycles. The van der Waals surface area contributed by atoms with E-state index < -0.39 is 11.6 Å². The van der Waals surface area contributed by atoms with E-state index in [1.807, 2.05) is 24.3 Å². The molecule has 2 nitrogen and oxygen atoms in total. The lowest BCUT2D eigenvalue weighted by Gasteiger charge is -2.11. The van der Waals surface area contributed by atoms with Crippen LogP contribution in [0.15, 0.2) is 42.5 Å². The second-order valence-electron chi connectivity index (χ2n) is 5.25. The zero-order chi connectivity index (χ0) is 15.2. The largest absolute Gasteiger partial charge is 0.489 e. The van der Waals surface area contributed by atoms with Crippen LogP contribution in [0, 0.1) is 11.6 Å². The van der Waals surface area contributed by atoms with Crippen molar-refractivity contribution >= 4 is 0 Å². The standard InChI is InChI=1S/C17H19F2NO/c1-12(2)20-10-13-4-3-5-17(8-13)21-11-14-6-15(18)9-16(19)7-14/h3-9,12,20H,10-11H2,1-2H3. The molecule has 0 heterocycles. The van der Waals surface area contributed by atoms with E-state index in [9.17, 15) is 8.78 Å². The summed E-state index contributed by atoms with van der Waals surface area (Å²) in [4.78, 5) is 0. The third-order valence-electron chi connectivity index (χ3n) is 2.94. The Morgan fingerprint density at radius 3 is 2.38 bits per heavy atom. The molecule has 0 fully saturated rings. The minimum atomic E-state index is -0.594. The van der Waals surface area contributed by atoms with Crippen LogP contribution in [-0.2, 0) is 13.2 Å². The van der Waals surface area contributed by atoms with Crippen LogP contribution in [0.4, 0.5) is 8.78 Å². The van der Waals surface area contributed by atoms with Gasteiger partial charge < -0.3 is 10.1 Å². The third kappa shape index (κ3) is 5.16. The average Bonchev–Trinajstić information content (AvgIpc) is 2.42. The van der Waals surface area contributed by atoms with Gasteiger partial charge in [-0.3, -0.25) is 0 Å². The molecule has 0 aliphatic heterocycles. The van der Waals surface area contributed by atoms with Crippen molar-refractivity contribution in [3.8, 4) is 5.75 Å². The van der Waals surface area contributed by atoms with Crippen molar-refractivity contribution in [2.24, 2.45) is 0 Å². The van der Waals surface area contributed by atoms with Crippen molar-refractivity contribution in [3.05, 3.63) is 65.2 Å². The summed E-state index contributed by atoms with van der Waals surface area (Å²) in [5.41, 5.74) is 1.57. The van der Waals surface area contributed by atoms with E-state index in [2.05, 4.69) is 19.2 Å². The number of nitrogens with one attached hydrogen (secondary N) is 1. The average molecular weight is 291 g/mol. The van der Waals surface area contributed by atoms with Crippen LogP contribution in [0.1, 0.15) is 25.0 Å². The van der Waals surface area contributed by atoms with Crippen LogP contribution < -0.4 is 10.1 Å². The maximum atomic E-state index is 13.1. The third-order valence-corrected chi connectivity index (χ3v) is 2.94. The summed E-state index contributed by atoms with van der Waals surface area (Å²) in [5, 5.41) is 3.32. The first-order chi connectivity index (χ1) is 10.0. The number of rotatable bonds is 6. The fourth-order valence-corrected chi connectivity index (χ4v) is 1.93. The monoisotopic (exact) mass is 291 g/mol. The van der Waals surface area contributed by atoms with Gasteiger partial charge in [0.1, 0.15) is 24.0 Å². The first-order valence-corrected chi connectivity index (χ1v) is 6.93. The van der Waals surface area contributed by atoms with Gasteiger partial charge in [0.25, 0.3) is 0 Å². The highest BCUT2D eigenvalue weighted by Gasteiger charge is 2.03. The van der Waals surface area contributed by atoms with E-state index in [1.54, 1.807) is 0 Å². The van der Waals surface area contributed by atoms with Crippen LogP contribution in [0.25, 0.3) is 0 Å². The second kappa shape index (κ2) is 7.18. The molecule has 0 saturated heterocycles. The molecule has 0 radical (unpaired) electrons. The molecule has 2 aromatic carbocycles. The molecule has 2 rings (SSSR count). The number of halogens is 2. The quantitative estimate of drug-likeness (QED) is 0.867. The molecule has 0 unspecified atom stereocenters. The highest BCUT2D eigenvalue weighted by molar-refractivity contribution is 5.29. The van der Waals surface area contributed by atoms with Crippen LogP contribution in [0.2, 0.25) is 0 Å². The lowest BCUT2D eigenvalue weighted by molar-refractivity contribution is 0.304. The van der Waals surface area contributed by atoms with Gasteiger partial charge >= 0.3 is 0 Å². The summed E-state index contributed by atoms with van der Waals surface area (Å²) >= 11 is 0. The zero-order valence-electron chi connectivity index (χ0n) is 12.2. The Labute approximate surface area is 123 Å². The molecule has 0 aliphatic rings. The Kier molecular flexibility index (Phi) is 5.28. The van der Waals surface area contributed by atoms with E-state index in [0.717, 1.165) is 18.2 Å². The molecule has 112 valence electrons. The normalized spacial score (nSPS) is 10.9. The maximum Gasteiger partial charge on any atom is 0.126 e. The zero-order valence-corrected chi connectivity index (χ0v) is 12.2. The van der Waals surface area contributed by atoms with Crippen LogP contribution in [0.3, 0.4) is 0 Å². The van der Waals surface area contributed by atoms with E-state index in [1.165, 1.54) is 12.1 Å². The Morgan fingerprint density at radius 1 is 1.00 bits per heavy atom. The summed E-state index contributed by atoms with van der Waals surface area (Å²) in [5.74, 6) is -0.505. The molecular formula is C17H19F2NO. The number of benzene rings is 2. The van der Waals surface area contributed by atoms with Crippen molar-refractivity contribution < 1.29 is 13.5 Å². The fraction of sp³-hybridized carbons (Fsp3) is 0.294. The van der Waals surface area contributed by atoms with Gasteiger partial charge in [-0.15, -0.1) is 0 Å². The molecule has 2 aromatic rings. The van der Waals surface area contributed by atoms with Gasteiger partial charge in [0.05, 0.1) is 0 Å². The number of hydrogen-bond acceptors (Lipinski definition) is 2. The van der Waals surface area contributed by atoms with Crippen molar-refractivity contribution in [2.75, 3.05) is 0 Å². The van der Waals surface area contributed by atoms with Gasteiger partial charge in [0.2, 0.25) is 0 Å². The summed E-state index contributed by atoms with van der Waals surface area (Å²) in [7, 11) is 0. The van der Waals surface area contributed by atoms with Gasteiger partial charge in [-0.2, -0.15) is 0 Å². The highest BCUT2D eigenvalue weighted by atomic mass is 19.1. The van der Waals surface area contributed by atoms with Crippen molar-refractivity contribution in [1.29, 1.82) is 0 Å². The summed E-state index contributed by atoms with van der Waals surface area (Å²) < 4.78 is 31.8. The lowest BCUT2D eigenvalue weighted by Crippen LogP contribution is -2.21. The smallest absolute Gasteiger partial charge is 0.126 e. The summed E-state index contributed by atoms with van der Waals surface area (Å²) in [6, 6.07) is 11.5. The predicted molar refractivity (Wildman–Crippen MR) is 79.1 cm³/mol. The molecule has 0 bridgehead atoms. The van der Waals surface area contributed by atoms with E-state index in [4.69, 9.17) is 4.74 Å². The Morgan fingerprint density at radius 2 is 1.71 bits per heavy atom. The van der Waals surface area contributed by atoms with Gasteiger partial charge in [-0.05, 0) is 35.4 Å². The van der Waals surface area contributed by atoms with Crippen molar-refractivity contribution in [3.63, 3.8) is 0 Å². The van der Waals surface area contributed by atoms with E-state index in [0.29, 0.717) is 17.4 Å². The lowest BCUT2D eigenvalue weighted by atomic mass is 10.2. The number of hydrogen-bond donors (Lipinski definition) is 1. The highest BCUT2D eigenvalue weighted by Crippen LogP contribution is 2.16. The van der Waals surface area contributed by atoms with Crippen LogP contribution in [0.5, 0.6) is 5.75 Å². The first kappa shape index (κ1) is 15.4. The van der Waals surface area contributed by atoms with Crippen molar-refractivity contribution in [2.45, 2.75) is 33.0 Å². The van der Waals surface area contributed by atoms with Gasteiger partial charge in [-0.1, -0.05) is 26.0 Å². The molecule has 0 amide bonds. The van der Waals surface area contributed by atoms with E-state index in [-0.39, 0.29) is 6.61 Å². The maximum absolute atomic E-state index is 13.1. The molecule has 4 heteroatoms. The Bertz CT molecular complexity index is 579. The summed E-state index contributed by atoms with van der Waals surface area (Å²) in [6.45, 7) is 5.05. The minimum absolute atomic E-state index is 0.135. The van der Waals surface area contributed by atoms with E-state index >= 15 is 0 Å². The second-order valence-corrected chi connectivity index (χ2v) is 5.25. The van der Waals surface area contributed by atoms with Crippen LogP contribution in [-0.4, -0.2) is 6.04 Å². The SMILES string of the molecule is CC(C)NCc1cccc(OCc2cc(F)cc(F)c2)c1. The van der Waals surface area contributed by atoms with Gasteiger partial charge in [0.15, 0.2) is 0 Å². The molecule has 21 heavy (non-hydrogen) atoms.